The molecule has 1 aromatic heterocycles. The lowest BCUT2D eigenvalue weighted by Crippen LogP contribution is -2.20. The Morgan fingerprint density at radius 2 is 1.34 bits per heavy atom. The second-order valence-electron chi connectivity index (χ2n) is 9.30. The highest BCUT2D eigenvalue weighted by atomic mass is 16.5. The maximum absolute atomic E-state index is 13.2. The van der Waals surface area contributed by atoms with Gasteiger partial charge in [0, 0.05) is 47.5 Å². The molecule has 0 bridgehead atoms. The number of nitrogens with one attached hydrogen (secondary N) is 3. The van der Waals surface area contributed by atoms with E-state index in [-0.39, 0.29) is 18.4 Å². The number of amides is 2. The second kappa shape index (κ2) is 13.6. The molecule has 7 heteroatoms. The number of pyridine rings is 1. The van der Waals surface area contributed by atoms with E-state index in [1.165, 1.54) is 0 Å². The van der Waals surface area contributed by atoms with E-state index in [4.69, 9.17) is 4.74 Å². The number of benzene rings is 4. The molecular weight excluding hydrogens is 512 g/mol. The summed E-state index contributed by atoms with van der Waals surface area (Å²) in [5.41, 5.74) is 5.65. The highest BCUT2D eigenvalue weighted by Crippen LogP contribution is 2.27. The number of nitrogens with zero attached hydrogens (tertiary/aromatic N) is 1. The predicted octanol–water partition coefficient (Wildman–Crippen LogP) is 6.67. The number of hydrogen-bond acceptors (Lipinski definition) is 5. The van der Waals surface area contributed by atoms with Gasteiger partial charge in [-0.25, -0.2) is 0 Å². The molecule has 0 radical (unpaired) electrons. The Kier molecular flexibility index (Phi) is 8.99. The first-order valence-corrected chi connectivity index (χ1v) is 13.4. The van der Waals surface area contributed by atoms with Gasteiger partial charge in [-0.05, 0) is 77.9 Å². The summed E-state index contributed by atoms with van der Waals surface area (Å²) in [6.07, 6.45) is 2.62. The zero-order valence-corrected chi connectivity index (χ0v) is 22.4. The van der Waals surface area contributed by atoms with Crippen molar-refractivity contribution in [2.45, 2.75) is 6.42 Å². The zero-order valence-electron chi connectivity index (χ0n) is 22.4. The summed E-state index contributed by atoms with van der Waals surface area (Å²) in [6, 6.07) is 37.6. The number of carbonyl (C=O) groups excluding carboxylic acids is 2. The van der Waals surface area contributed by atoms with Gasteiger partial charge in [-0.1, -0.05) is 54.6 Å². The van der Waals surface area contributed by atoms with E-state index >= 15 is 0 Å². The molecule has 3 N–H and O–H groups in total. The highest BCUT2D eigenvalue weighted by molar-refractivity contribution is 6.08. The van der Waals surface area contributed by atoms with E-state index in [0.717, 1.165) is 41.2 Å². The third-order valence-corrected chi connectivity index (χ3v) is 6.34. The van der Waals surface area contributed by atoms with Crippen molar-refractivity contribution in [1.29, 1.82) is 0 Å². The Hall–Kier alpha value is -5.43. The van der Waals surface area contributed by atoms with Gasteiger partial charge in [-0.2, -0.15) is 0 Å². The lowest BCUT2D eigenvalue weighted by atomic mass is 9.99. The van der Waals surface area contributed by atoms with E-state index in [0.29, 0.717) is 17.0 Å². The van der Waals surface area contributed by atoms with Crippen LogP contribution in [0.2, 0.25) is 0 Å². The Labute approximate surface area is 239 Å². The summed E-state index contributed by atoms with van der Waals surface area (Å²) in [7, 11) is 0. The molecule has 0 aliphatic heterocycles. The molecule has 5 rings (SSSR count). The first-order valence-electron chi connectivity index (χ1n) is 13.4. The Balaban J connectivity index is 1.16. The van der Waals surface area contributed by atoms with Gasteiger partial charge in [-0.15, -0.1) is 0 Å². The van der Waals surface area contributed by atoms with Crippen LogP contribution < -0.4 is 20.7 Å². The van der Waals surface area contributed by atoms with Crippen LogP contribution in [0.3, 0.4) is 0 Å². The number of rotatable bonds is 11. The van der Waals surface area contributed by atoms with E-state index in [9.17, 15) is 9.59 Å². The second-order valence-corrected chi connectivity index (χ2v) is 9.30. The van der Waals surface area contributed by atoms with Gasteiger partial charge >= 0.3 is 0 Å². The van der Waals surface area contributed by atoms with E-state index < -0.39 is 0 Å². The third-order valence-electron chi connectivity index (χ3n) is 6.34. The largest absolute Gasteiger partial charge is 0.484 e. The molecule has 5 aromatic rings. The molecule has 204 valence electrons. The number of hydrogen-bond donors (Lipinski definition) is 3. The number of carbonyl (C=O) groups is 2. The minimum absolute atomic E-state index is 0.105. The van der Waals surface area contributed by atoms with Gasteiger partial charge in [0.1, 0.15) is 5.75 Å². The molecule has 0 atom stereocenters. The Morgan fingerprint density at radius 1 is 0.659 bits per heavy atom. The van der Waals surface area contributed by atoms with Crippen molar-refractivity contribution < 1.29 is 14.3 Å². The van der Waals surface area contributed by atoms with Crippen LogP contribution in [0, 0.1) is 0 Å². The lowest BCUT2D eigenvalue weighted by Gasteiger charge is -2.12. The number of anilines is 3. The minimum Gasteiger partial charge on any atom is -0.484 e. The topological polar surface area (TPSA) is 92.4 Å². The van der Waals surface area contributed by atoms with Crippen molar-refractivity contribution in [3.05, 3.63) is 139 Å². The minimum atomic E-state index is -0.240. The molecule has 0 saturated heterocycles. The van der Waals surface area contributed by atoms with Crippen LogP contribution in [0.4, 0.5) is 17.1 Å². The van der Waals surface area contributed by atoms with Gasteiger partial charge in [0.15, 0.2) is 6.61 Å². The van der Waals surface area contributed by atoms with Crippen LogP contribution in [0.25, 0.3) is 11.1 Å². The molecule has 0 aliphatic carbocycles. The van der Waals surface area contributed by atoms with Crippen LogP contribution in [-0.2, 0) is 11.2 Å². The summed E-state index contributed by atoms with van der Waals surface area (Å²) >= 11 is 0. The molecule has 4 aromatic carbocycles. The monoisotopic (exact) mass is 542 g/mol. The fraction of sp³-hybridized carbons (Fsp3) is 0.0882. The first kappa shape index (κ1) is 27.1. The van der Waals surface area contributed by atoms with Crippen LogP contribution in [0.15, 0.2) is 128 Å². The zero-order chi connectivity index (χ0) is 28.3. The number of ether oxygens (including phenoxy) is 1. The number of para-hydroxylation sites is 1. The molecule has 0 unspecified atom stereocenters. The quantitative estimate of drug-likeness (QED) is 0.173. The van der Waals surface area contributed by atoms with Gasteiger partial charge in [-0.3, -0.25) is 14.6 Å². The van der Waals surface area contributed by atoms with E-state index in [2.05, 4.69) is 20.9 Å². The number of aromatic nitrogens is 1. The van der Waals surface area contributed by atoms with E-state index in [1.54, 1.807) is 24.4 Å². The van der Waals surface area contributed by atoms with Crippen molar-refractivity contribution in [3.63, 3.8) is 0 Å². The van der Waals surface area contributed by atoms with Crippen LogP contribution >= 0.6 is 0 Å². The average molecular weight is 543 g/mol. The van der Waals surface area contributed by atoms with Crippen LogP contribution in [-0.4, -0.2) is 29.9 Å². The van der Waals surface area contributed by atoms with Crippen LogP contribution in [0.5, 0.6) is 5.75 Å². The molecule has 0 aliphatic rings. The Bertz CT molecular complexity index is 1570. The highest BCUT2D eigenvalue weighted by Gasteiger charge is 2.13. The van der Waals surface area contributed by atoms with Crippen molar-refractivity contribution in [3.8, 4) is 16.9 Å². The maximum atomic E-state index is 13.2. The molecule has 2 amide bonds. The molecule has 7 nitrogen and oxygen atoms in total. The predicted molar refractivity (Wildman–Crippen MR) is 163 cm³/mol. The molecule has 0 spiro atoms. The van der Waals surface area contributed by atoms with E-state index in [1.807, 2.05) is 103 Å². The molecule has 1 heterocycles. The van der Waals surface area contributed by atoms with Crippen molar-refractivity contribution in [2.24, 2.45) is 0 Å². The summed E-state index contributed by atoms with van der Waals surface area (Å²) in [5.74, 6) is 0.123. The van der Waals surface area contributed by atoms with Gasteiger partial charge in [0.2, 0.25) is 0 Å². The SMILES string of the molecule is O=C(COc1ccc(-c2ccccc2C(=O)Nc2ccc(NCCc3ccccn3)cc2)cc1)Nc1ccccc1. The standard InChI is InChI=1S/C34H30N4O3/c39-33(37-28-9-2-1-3-10-28)24-41-30-19-13-25(14-20-30)31-11-4-5-12-32(31)34(40)38-29-17-15-27(16-18-29)36-23-21-26-8-6-7-22-35-26/h1-20,22,36H,21,23-24H2,(H,37,39)(H,38,40). The first-order chi connectivity index (χ1) is 20.1. The lowest BCUT2D eigenvalue weighted by molar-refractivity contribution is -0.118. The van der Waals surface area contributed by atoms with Crippen molar-refractivity contribution in [2.75, 3.05) is 29.1 Å². The summed E-state index contributed by atoms with van der Waals surface area (Å²) in [6.45, 7) is 0.659. The summed E-state index contributed by atoms with van der Waals surface area (Å²) in [5, 5.41) is 9.17. The Morgan fingerprint density at radius 3 is 2.10 bits per heavy atom. The summed E-state index contributed by atoms with van der Waals surface area (Å²) in [4.78, 5) is 29.7. The normalized spacial score (nSPS) is 10.4. The van der Waals surface area contributed by atoms with Crippen molar-refractivity contribution in [1.82, 2.24) is 4.98 Å². The van der Waals surface area contributed by atoms with Crippen molar-refractivity contribution >= 4 is 28.9 Å². The summed E-state index contributed by atoms with van der Waals surface area (Å²) < 4.78 is 5.64. The van der Waals surface area contributed by atoms with Gasteiger partial charge < -0.3 is 20.7 Å². The van der Waals surface area contributed by atoms with Crippen LogP contribution in [0.1, 0.15) is 16.1 Å². The maximum Gasteiger partial charge on any atom is 0.262 e. The third kappa shape index (κ3) is 7.80. The molecule has 0 saturated carbocycles. The fourth-order valence-corrected chi connectivity index (χ4v) is 4.28. The van der Waals surface area contributed by atoms with Gasteiger partial charge in [0.05, 0.1) is 0 Å². The molecule has 41 heavy (non-hydrogen) atoms. The molecule has 0 fully saturated rings. The average Bonchev–Trinajstić information content (AvgIpc) is 3.02. The van der Waals surface area contributed by atoms with Gasteiger partial charge in [0.25, 0.3) is 11.8 Å². The molecular formula is C34H30N4O3. The fourth-order valence-electron chi connectivity index (χ4n) is 4.28. The smallest absolute Gasteiger partial charge is 0.262 e.